The SMILES string of the molecule is CCCc1c(NCCCNC(=O)C(C)(C)NC)ccc2c(C(F)(F)F)cc(=O)oc12. The van der Waals surface area contributed by atoms with Gasteiger partial charge in [0, 0.05) is 35.8 Å². The van der Waals surface area contributed by atoms with Crippen LogP contribution in [0.2, 0.25) is 0 Å². The fourth-order valence-electron chi connectivity index (χ4n) is 3.03. The van der Waals surface area contributed by atoms with Gasteiger partial charge in [-0.1, -0.05) is 13.3 Å². The zero-order valence-corrected chi connectivity index (χ0v) is 17.6. The number of alkyl halides is 3. The number of aryl methyl sites for hydroxylation is 1. The number of hydrogen-bond donors (Lipinski definition) is 3. The Morgan fingerprint density at radius 2 is 1.87 bits per heavy atom. The number of nitrogens with one attached hydrogen (secondary N) is 3. The van der Waals surface area contributed by atoms with Crippen molar-refractivity contribution in [2.75, 3.05) is 25.5 Å². The van der Waals surface area contributed by atoms with E-state index in [0.29, 0.717) is 49.7 Å². The maximum atomic E-state index is 13.3. The third kappa shape index (κ3) is 5.53. The van der Waals surface area contributed by atoms with E-state index in [1.54, 1.807) is 27.0 Å². The molecule has 0 saturated carbocycles. The summed E-state index contributed by atoms with van der Waals surface area (Å²) >= 11 is 0. The zero-order valence-electron chi connectivity index (χ0n) is 17.6. The van der Waals surface area contributed by atoms with Crippen LogP contribution in [0.5, 0.6) is 0 Å². The van der Waals surface area contributed by atoms with Gasteiger partial charge in [-0.3, -0.25) is 4.79 Å². The lowest BCUT2D eigenvalue weighted by Gasteiger charge is -2.22. The minimum absolute atomic E-state index is 0.0363. The Kier molecular flexibility index (Phi) is 7.52. The number of rotatable bonds is 9. The van der Waals surface area contributed by atoms with Crippen molar-refractivity contribution in [1.82, 2.24) is 10.6 Å². The van der Waals surface area contributed by atoms with Gasteiger partial charge in [0.05, 0.1) is 11.1 Å². The molecule has 1 heterocycles. The lowest BCUT2D eigenvalue weighted by atomic mass is 10.0. The van der Waals surface area contributed by atoms with E-state index in [-0.39, 0.29) is 16.9 Å². The van der Waals surface area contributed by atoms with Crippen LogP contribution in [0.15, 0.2) is 27.4 Å². The lowest BCUT2D eigenvalue weighted by molar-refractivity contribution is -0.136. The fourth-order valence-corrected chi connectivity index (χ4v) is 3.03. The molecule has 0 spiro atoms. The molecule has 1 aromatic carbocycles. The molecule has 0 aliphatic rings. The molecule has 3 N–H and O–H groups in total. The summed E-state index contributed by atoms with van der Waals surface area (Å²) in [5, 5.41) is 8.81. The molecule has 0 fully saturated rings. The van der Waals surface area contributed by atoms with Crippen LogP contribution < -0.4 is 21.6 Å². The summed E-state index contributed by atoms with van der Waals surface area (Å²) in [7, 11) is 1.71. The fraction of sp³-hybridized carbons (Fsp3) is 0.524. The molecule has 0 aliphatic carbocycles. The number of halogens is 3. The lowest BCUT2D eigenvalue weighted by Crippen LogP contribution is -2.51. The van der Waals surface area contributed by atoms with E-state index in [2.05, 4.69) is 16.0 Å². The van der Waals surface area contributed by atoms with Crippen LogP contribution in [0.1, 0.15) is 44.7 Å². The predicted octanol–water partition coefficient (Wildman–Crippen LogP) is 3.68. The number of carbonyl (C=O) groups is 1. The first-order chi connectivity index (χ1) is 14.0. The van der Waals surface area contributed by atoms with Crippen LogP contribution in [0, 0.1) is 0 Å². The van der Waals surface area contributed by atoms with Gasteiger partial charge in [0.25, 0.3) is 0 Å². The van der Waals surface area contributed by atoms with Crippen molar-refractivity contribution >= 4 is 22.6 Å². The Hall–Kier alpha value is -2.55. The second-order valence-electron chi connectivity index (χ2n) is 7.61. The molecular formula is C21H28F3N3O3. The normalized spacial score (nSPS) is 12.2. The number of likely N-dealkylation sites (N-methyl/N-ethyl adjacent to an activating group) is 1. The predicted molar refractivity (Wildman–Crippen MR) is 111 cm³/mol. The van der Waals surface area contributed by atoms with Gasteiger partial charge < -0.3 is 20.4 Å². The summed E-state index contributed by atoms with van der Waals surface area (Å²) in [5.74, 6) is -0.121. The highest BCUT2D eigenvalue weighted by molar-refractivity contribution is 5.88. The van der Waals surface area contributed by atoms with Gasteiger partial charge in [0.2, 0.25) is 5.91 Å². The summed E-state index contributed by atoms with van der Waals surface area (Å²) in [6.07, 6.45) is -2.91. The molecule has 0 radical (unpaired) electrons. The Bertz CT molecular complexity index is 952. The van der Waals surface area contributed by atoms with Gasteiger partial charge in [0.15, 0.2) is 0 Å². The highest BCUT2D eigenvalue weighted by atomic mass is 19.4. The summed E-state index contributed by atoms with van der Waals surface area (Å²) in [6.45, 7) is 6.38. The summed E-state index contributed by atoms with van der Waals surface area (Å²) < 4.78 is 45.2. The first kappa shape index (κ1) is 23.7. The van der Waals surface area contributed by atoms with Crippen LogP contribution >= 0.6 is 0 Å². The molecule has 166 valence electrons. The number of fused-ring (bicyclic) bond motifs is 1. The average molecular weight is 427 g/mol. The van der Waals surface area contributed by atoms with Gasteiger partial charge in [-0.05, 0) is 45.9 Å². The average Bonchev–Trinajstić information content (AvgIpc) is 2.67. The Labute approximate surface area is 173 Å². The molecule has 30 heavy (non-hydrogen) atoms. The van der Waals surface area contributed by atoms with E-state index in [4.69, 9.17) is 4.42 Å². The Morgan fingerprint density at radius 1 is 1.17 bits per heavy atom. The second-order valence-corrected chi connectivity index (χ2v) is 7.61. The molecule has 1 amide bonds. The molecular weight excluding hydrogens is 399 g/mol. The number of amides is 1. The van der Waals surface area contributed by atoms with Gasteiger partial charge >= 0.3 is 11.8 Å². The maximum absolute atomic E-state index is 13.3. The van der Waals surface area contributed by atoms with Gasteiger partial charge in [-0.2, -0.15) is 13.2 Å². The minimum atomic E-state index is -4.65. The molecule has 0 atom stereocenters. The van der Waals surface area contributed by atoms with E-state index < -0.39 is 22.9 Å². The quantitative estimate of drug-likeness (QED) is 0.420. The minimum Gasteiger partial charge on any atom is -0.422 e. The summed E-state index contributed by atoms with van der Waals surface area (Å²) in [5.41, 5.74) is -1.57. The van der Waals surface area contributed by atoms with E-state index in [1.807, 2.05) is 6.92 Å². The van der Waals surface area contributed by atoms with E-state index in [1.165, 1.54) is 6.07 Å². The van der Waals surface area contributed by atoms with Gasteiger partial charge in [-0.15, -0.1) is 0 Å². The van der Waals surface area contributed by atoms with Crippen molar-refractivity contribution in [3.05, 3.63) is 39.7 Å². The van der Waals surface area contributed by atoms with Crippen molar-refractivity contribution in [2.24, 2.45) is 0 Å². The Balaban J connectivity index is 2.19. The topological polar surface area (TPSA) is 83.4 Å². The highest BCUT2D eigenvalue weighted by Gasteiger charge is 2.34. The highest BCUT2D eigenvalue weighted by Crippen LogP contribution is 2.36. The first-order valence-electron chi connectivity index (χ1n) is 9.89. The third-order valence-electron chi connectivity index (χ3n) is 4.97. The van der Waals surface area contributed by atoms with Crippen molar-refractivity contribution < 1.29 is 22.4 Å². The molecule has 0 aliphatic heterocycles. The van der Waals surface area contributed by atoms with Crippen molar-refractivity contribution in [3.8, 4) is 0 Å². The monoisotopic (exact) mass is 427 g/mol. The van der Waals surface area contributed by atoms with Crippen LogP contribution in [0.3, 0.4) is 0 Å². The molecule has 6 nitrogen and oxygen atoms in total. The second kappa shape index (κ2) is 9.51. The first-order valence-corrected chi connectivity index (χ1v) is 9.89. The molecule has 0 saturated heterocycles. The molecule has 1 aromatic heterocycles. The van der Waals surface area contributed by atoms with Crippen LogP contribution in [0.4, 0.5) is 18.9 Å². The molecule has 0 bridgehead atoms. The standard InChI is InChI=1S/C21H28F3N3O3/c1-5-7-14-16(26-10-6-11-27-19(29)20(2,3)25-4)9-8-13-15(21(22,23)24)12-17(28)30-18(13)14/h8-9,12,25-26H,5-7,10-11H2,1-4H3,(H,27,29). The number of hydrogen-bond acceptors (Lipinski definition) is 5. The molecule has 0 unspecified atom stereocenters. The smallest absolute Gasteiger partial charge is 0.417 e. The Morgan fingerprint density at radius 3 is 2.47 bits per heavy atom. The van der Waals surface area contributed by atoms with Crippen LogP contribution in [0.25, 0.3) is 11.0 Å². The molecule has 2 rings (SSSR count). The maximum Gasteiger partial charge on any atom is 0.417 e. The van der Waals surface area contributed by atoms with Crippen LogP contribution in [-0.2, 0) is 17.4 Å². The van der Waals surface area contributed by atoms with E-state index in [0.717, 1.165) is 0 Å². The van der Waals surface area contributed by atoms with Gasteiger partial charge in [0.1, 0.15) is 5.58 Å². The third-order valence-corrected chi connectivity index (χ3v) is 4.97. The number of benzene rings is 1. The van der Waals surface area contributed by atoms with E-state index >= 15 is 0 Å². The van der Waals surface area contributed by atoms with Crippen molar-refractivity contribution in [3.63, 3.8) is 0 Å². The number of anilines is 1. The van der Waals surface area contributed by atoms with E-state index in [9.17, 15) is 22.8 Å². The van der Waals surface area contributed by atoms with Gasteiger partial charge in [-0.25, -0.2) is 4.79 Å². The summed E-state index contributed by atoms with van der Waals surface area (Å²) in [6, 6.07) is 3.38. The zero-order chi connectivity index (χ0) is 22.5. The molecule has 2 aromatic rings. The van der Waals surface area contributed by atoms with Crippen molar-refractivity contribution in [2.45, 2.75) is 51.7 Å². The van der Waals surface area contributed by atoms with Crippen LogP contribution in [-0.4, -0.2) is 31.6 Å². The number of carbonyl (C=O) groups excluding carboxylic acids is 1. The largest absolute Gasteiger partial charge is 0.422 e. The summed E-state index contributed by atoms with van der Waals surface area (Å²) in [4.78, 5) is 23.8. The van der Waals surface area contributed by atoms with Crippen molar-refractivity contribution in [1.29, 1.82) is 0 Å². The molecule has 9 heteroatoms.